The molecule has 3 rings (SSSR count). The zero-order valence-electron chi connectivity index (χ0n) is 8.19. The van der Waals surface area contributed by atoms with Crippen molar-refractivity contribution >= 4 is 21.8 Å². The largest absolute Gasteiger partial charge is 0.339 e. The highest BCUT2D eigenvalue weighted by atomic mass is 16.1. The number of aryl methyl sites for hydroxylation is 1. The van der Waals surface area contributed by atoms with Gasteiger partial charge in [-0.1, -0.05) is 18.2 Å². The van der Waals surface area contributed by atoms with Gasteiger partial charge in [-0.15, -0.1) is 0 Å². The highest BCUT2D eigenvalue weighted by molar-refractivity contribution is 6.07. The number of hydrogen-bond donors (Lipinski definition) is 1. The molecule has 1 aromatic carbocycles. The van der Waals surface area contributed by atoms with E-state index in [9.17, 15) is 4.79 Å². The van der Waals surface area contributed by atoms with Gasteiger partial charge in [0.1, 0.15) is 5.52 Å². The zero-order chi connectivity index (χ0) is 10.4. The van der Waals surface area contributed by atoms with Gasteiger partial charge in [-0.3, -0.25) is 4.79 Å². The van der Waals surface area contributed by atoms with Crippen LogP contribution >= 0.6 is 0 Å². The minimum Gasteiger partial charge on any atom is -0.339 e. The maximum Gasteiger partial charge on any atom is 0.288 e. The van der Waals surface area contributed by atoms with E-state index in [1.807, 2.05) is 35.9 Å². The van der Waals surface area contributed by atoms with Gasteiger partial charge in [-0.25, -0.2) is 5.10 Å². The number of para-hydroxylation sites is 1. The van der Waals surface area contributed by atoms with Crippen molar-refractivity contribution in [3.8, 4) is 0 Å². The number of benzene rings is 1. The van der Waals surface area contributed by atoms with E-state index in [1.54, 1.807) is 6.20 Å². The van der Waals surface area contributed by atoms with Gasteiger partial charge in [-0.05, 0) is 6.07 Å². The molecule has 1 N–H and O–H groups in total. The first-order valence-electron chi connectivity index (χ1n) is 4.70. The van der Waals surface area contributed by atoms with Crippen molar-refractivity contribution in [3.63, 3.8) is 0 Å². The van der Waals surface area contributed by atoms with E-state index in [0.29, 0.717) is 5.52 Å². The second kappa shape index (κ2) is 2.70. The minimum atomic E-state index is -0.147. The molecule has 2 aromatic heterocycles. The van der Waals surface area contributed by atoms with E-state index in [2.05, 4.69) is 10.2 Å². The quantitative estimate of drug-likeness (QED) is 0.595. The first-order chi connectivity index (χ1) is 7.29. The first-order valence-corrected chi connectivity index (χ1v) is 4.70. The molecule has 0 spiro atoms. The van der Waals surface area contributed by atoms with Crippen LogP contribution in [0.3, 0.4) is 0 Å². The lowest BCUT2D eigenvalue weighted by molar-refractivity contribution is 0.958. The molecule has 0 aliphatic rings. The molecule has 0 aliphatic heterocycles. The predicted molar refractivity (Wildman–Crippen MR) is 58.8 cm³/mol. The van der Waals surface area contributed by atoms with E-state index in [1.165, 1.54) is 0 Å². The maximum atomic E-state index is 11.6. The van der Waals surface area contributed by atoms with E-state index in [4.69, 9.17) is 0 Å². The summed E-state index contributed by atoms with van der Waals surface area (Å²) in [5, 5.41) is 8.24. The van der Waals surface area contributed by atoms with Gasteiger partial charge in [0.05, 0.1) is 6.20 Å². The third-order valence-electron chi connectivity index (χ3n) is 2.72. The lowest BCUT2D eigenvalue weighted by Gasteiger charge is -1.94. The van der Waals surface area contributed by atoms with Crippen molar-refractivity contribution in [2.75, 3.05) is 0 Å². The molecule has 0 aliphatic carbocycles. The molecule has 0 unspecified atom stereocenters. The van der Waals surface area contributed by atoms with Crippen LogP contribution in [0.25, 0.3) is 21.8 Å². The topological polar surface area (TPSA) is 50.7 Å². The third-order valence-corrected chi connectivity index (χ3v) is 2.72. The van der Waals surface area contributed by atoms with E-state index in [-0.39, 0.29) is 5.56 Å². The number of hydrogen-bond acceptors (Lipinski definition) is 2. The SMILES string of the molecule is Cn1c2ccccc2c2cn[nH]c(=O)c21. The van der Waals surface area contributed by atoms with Crippen molar-refractivity contribution in [2.45, 2.75) is 0 Å². The summed E-state index contributed by atoms with van der Waals surface area (Å²) >= 11 is 0. The lowest BCUT2D eigenvalue weighted by Crippen LogP contribution is -2.10. The number of nitrogens with one attached hydrogen (secondary N) is 1. The molecule has 0 amide bonds. The minimum absolute atomic E-state index is 0.147. The zero-order valence-corrected chi connectivity index (χ0v) is 8.19. The molecule has 0 fully saturated rings. The molecule has 0 saturated heterocycles. The number of rotatable bonds is 0. The molecule has 0 atom stereocenters. The van der Waals surface area contributed by atoms with Crippen LogP contribution in [-0.2, 0) is 7.05 Å². The molecule has 4 nitrogen and oxygen atoms in total. The van der Waals surface area contributed by atoms with Crippen LogP contribution in [0.2, 0.25) is 0 Å². The lowest BCUT2D eigenvalue weighted by atomic mass is 10.2. The number of fused-ring (bicyclic) bond motifs is 3. The fourth-order valence-electron chi connectivity index (χ4n) is 2.04. The van der Waals surface area contributed by atoms with Gasteiger partial charge < -0.3 is 4.57 Å². The summed E-state index contributed by atoms with van der Waals surface area (Å²) < 4.78 is 1.89. The summed E-state index contributed by atoms with van der Waals surface area (Å²) in [7, 11) is 1.89. The number of aromatic amines is 1. The van der Waals surface area contributed by atoms with Crippen LogP contribution < -0.4 is 5.56 Å². The molecule has 74 valence electrons. The van der Waals surface area contributed by atoms with Gasteiger partial charge >= 0.3 is 0 Å². The Balaban J connectivity index is 2.76. The van der Waals surface area contributed by atoms with Gasteiger partial charge in [0.2, 0.25) is 0 Å². The Morgan fingerprint density at radius 3 is 2.93 bits per heavy atom. The number of H-pyrrole nitrogens is 1. The summed E-state index contributed by atoms with van der Waals surface area (Å²) in [4.78, 5) is 11.6. The first kappa shape index (κ1) is 8.23. The molecule has 0 saturated carbocycles. The fourth-order valence-corrected chi connectivity index (χ4v) is 2.04. The van der Waals surface area contributed by atoms with Crippen LogP contribution in [0, 0.1) is 0 Å². The standard InChI is InChI=1S/C11H9N3O/c1-14-9-5-3-2-4-7(9)8-6-12-13-11(15)10(8)14/h2-6H,1H3,(H,13,15). The highest BCUT2D eigenvalue weighted by Gasteiger charge is 2.09. The molecule has 0 radical (unpaired) electrons. The smallest absolute Gasteiger partial charge is 0.288 e. The Morgan fingerprint density at radius 2 is 2.07 bits per heavy atom. The average molecular weight is 199 g/mol. The second-order valence-electron chi connectivity index (χ2n) is 3.54. The highest BCUT2D eigenvalue weighted by Crippen LogP contribution is 2.24. The molecule has 3 aromatic rings. The molecular formula is C11H9N3O. The summed E-state index contributed by atoms with van der Waals surface area (Å²) in [5.74, 6) is 0. The summed E-state index contributed by atoms with van der Waals surface area (Å²) in [6.07, 6.45) is 1.69. The van der Waals surface area contributed by atoms with Crippen LogP contribution in [0.1, 0.15) is 0 Å². The Bertz CT molecular complexity index is 708. The van der Waals surface area contributed by atoms with E-state index in [0.717, 1.165) is 16.3 Å². The van der Waals surface area contributed by atoms with Crippen molar-refractivity contribution in [1.82, 2.24) is 14.8 Å². The Morgan fingerprint density at radius 1 is 1.27 bits per heavy atom. The number of nitrogens with zero attached hydrogens (tertiary/aromatic N) is 2. The maximum absolute atomic E-state index is 11.6. The summed E-state index contributed by atoms with van der Waals surface area (Å²) in [5.41, 5.74) is 1.57. The van der Waals surface area contributed by atoms with Crippen molar-refractivity contribution in [3.05, 3.63) is 40.8 Å². The second-order valence-corrected chi connectivity index (χ2v) is 3.54. The van der Waals surface area contributed by atoms with Crippen LogP contribution in [-0.4, -0.2) is 14.8 Å². The average Bonchev–Trinajstić information content (AvgIpc) is 2.55. The normalized spacial score (nSPS) is 11.3. The summed E-state index contributed by atoms with van der Waals surface area (Å²) in [6, 6.07) is 7.92. The van der Waals surface area contributed by atoms with Crippen LogP contribution in [0.4, 0.5) is 0 Å². The summed E-state index contributed by atoms with van der Waals surface area (Å²) in [6.45, 7) is 0. The Labute approximate surface area is 85.1 Å². The molecule has 4 heteroatoms. The fraction of sp³-hybridized carbons (Fsp3) is 0.0909. The van der Waals surface area contributed by atoms with E-state index >= 15 is 0 Å². The molecular weight excluding hydrogens is 190 g/mol. The van der Waals surface area contributed by atoms with Crippen LogP contribution in [0.5, 0.6) is 0 Å². The molecule has 15 heavy (non-hydrogen) atoms. The van der Waals surface area contributed by atoms with Crippen molar-refractivity contribution < 1.29 is 0 Å². The third kappa shape index (κ3) is 0.958. The van der Waals surface area contributed by atoms with Crippen LogP contribution in [0.15, 0.2) is 35.3 Å². The van der Waals surface area contributed by atoms with Gasteiger partial charge in [-0.2, -0.15) is 5.10 Å². The predicted octanol–water partition coefficient (Wildman–Crippen LogP) is 1.41. The Hall–Kier alpha value is -2.10. The van der Waals surface area contributed by atoms with Crippen molar-refractivity contribution in [2.24, 2.45) is 7.05 Å². The van der Waals surface area contributed by atoms with Gasteiger partial charge in [0.25, 0.3) is 5.56 Å². The molecule has 2 heterocycles. The monoisotopic (exact) mass is 199 g/mol. The number of aromatic nitrogens is 3. The van der Waals surface area contributed by atoms with Crippen molar-refractivity contribution in [1.29, 1.82) is 0 Å². The Kier molecular flexibility index (Phi) is 1.48. The van der Waals surface area contributed by atoms with E-state index < -0.39 is 0 Å². The van der Waals surface area contributed by atoms with Gasteiger partial charge in [0, 0.05) is 23.3 Å². The van der Waals surface area contributed by atoms with Gasteiger partial charge in [0.15, 0.2) is 0 Å². The molecule has 0 bridgehead atoms.